The first kappa shape index (κ1) is 22.0. The minimum absolute atomic E-state index is 0.390. The Labute approximate surface area is 160 Å². The normalized spacial score (nSPS) is 11.8. The Balaban J connectivity index is 2.34. The van der Waals surface area contributed by atoms with E-state index in [0.29, 0.717) is 19.6 Å². The fourth-order valence-electron chi connectivity index (χ4n) is 1.88. The zero-order valence-corrected chi connectivity index (χ0v) is 17.5. The lowest BCUT2D eigenvalue weighted by molar-refractivity contribution is 0.0527. The van der Waals surface area contributed by atoms with Gasteiger partial charge in [0.2, 0.25) is 0 Å². The standard InChI is InChI=1S/C17H32N6O2S/c1-7-18-14(21-11-13-12-26-15(22-13)23(5)6)19-9-8-10-20-16(24)25-17(2,3)4/h12H,7-11H2,1-6H3,(H,20,24)(H2,18,19,21). The second kappa shape index (κ2) is 10.8. The van der Waals surface area contributed by atoms with Crippen LogP contribution in [0.4, 0.5) is 9.93 Å². The number of ether oxygens (including phenoxy) is 1. The fraction of sp³-hybridized carbons (Fsp3) is 0.706. The number of nitrogens with one attached hydrogen (secondary N) is 3. The summed E-state index contributed by atoms with van der Waals surface area (Å²) >= 11 is 1.61. The summed E-state index contributed by atoms with van der Waals surface area (Å²) in [6.07, 6.45) is 0.379. The molecule has 0 aliphatic rings. The maximum Gasteiger partial charge on any atom is 0.407 e. The van der Waals surface area contributed by atoms with Crippen LogP contribution in [0.15, 0.2) is 10.4 Å². The first-order chi connectivity index (χ1) is 12.2. The van der Waals surface area contributed by atoms with Gasteiger partial charge in [-0.3, -0.25) is 0 Å². The molecule has 0 aliphatic heterocycles. The Hall–Kier alpha value is -2.03. The van der Waals surface area contributed by atoms with E-state index in [0.717, 1.165) is 29.8 Å². The van der Waals surface area contributed by atoms with Gasteiger partial charge in [0.05, 0.1) is 12.2 Å². The molecule has 3 N–H and O–H groups in total. The molecule has 0 saturated heterocycles. The molecule has 1 amide bonds. The molecule has 1 heterocycles. The Kier molecular flexibility index (Phi) is 9.18. The number of rotatable bonds is 8. The van der Waals surface area contributed by atoms with Crippen LogP contribution in [0.1, 0.15) is 39.8 Å². The molecule has 0 unspecified atom stereocenters. The van der Waals surface area contributed by atoms with Crippen molar-refractivity contribution in [2.24, 2.45) is 4.99 Å². The maximum absolute atomic E-state index is 11.6. The summed E-state index contributed by atoms with van der Waals surface area (Å²) in [4.78, 5) is 22.6. The van der Waals surface area contributed by atoms with Gasteiger partial charge in [-0.1, -0.05) is 0 Å². The number of amides is 1. The molecule has 0 fully saturated rings. The number of thiazole rings is 1. The van der Waals surface area contributed by atoms with Crippen molar-refractivity contribution in [2.45, 2.75) is 46.3 Å². The van der Waals surface area contributed by atoms with Crippen molar-refractivity contribution in [1.82, 2.24) is 20.9 Å². The lowest BCUT2D eigenvalue weighted by atomic mass is 10.2. The van der Waals surface area contributed by atoms with E-state index >= 15 is 0 Å². The van der Waals surface area contributed by atoms with Gasteiger partial charge < -0.3 is 25.6 Å². The minimum atomic E-state index is -0.477. The van der Waals surface area contributed by atoms with Crippen molar-refractivity contribution in [1.29, 1.82) is 0 Å². The first-order valence-corrected chi connectivity index (χ1v) is 9.70. The monoisotopic (exact) mass is 384 g/mol. The fourth-order valence-corrected chi connectivity index (χ4v) is 2.63. The number of nitrogens with zero attached hydrogens (tertiary/aromatic N) is 3. The molecule has 148 valence electrons. The van der Waals surface area contributed by atoms with Crippen molar-refractivity contribution in [2.75, 3.05) is 38.6 Å². The quantitative estimate of drug-likeness (QED) is 0.362. The molecule has 0 radical (unpaired) electrons. The molecule has 0 atom stereocenters. The van der Waals surface area contributed by atoms with Gasteiger partial charge in [-0.2, -0.15) is 0 Å². The van der Waals surface area contributed by atoms with E-state index in [1.807, 2.05) is 52.1 Å². The van der Waals surface area contributed by atoms with Crippen LogP contribution in [-0.4, -0.2) is 56.4 Å². The summed E-state index contributed by atoms with van der Waals surface area (Å²) in [7, 11) is 3.95. The number of carbonyl (C=O) groups is 1. The molecule has 9 heteroatoms. The van der Waals surface area contributed by atoms with Crippen LogP contribution in [-0.2, 0) is 11.3 Å². The van der Waals surface area contributed by atoms with Gasteiger partial charge in [0.15, 0.2) is 11.1 Å². The van der Waals surface area contributed by atoms with Crippen molar-refractivity contribution >= 4 is 28.5 Å². The van der Waals surface area contributed by atoms with E-state index in [-0.39, 0.29) is 0 Å². The van der Waals surface area contributed by atoms with E-state index in [2.05, 4.69) is 25.9 Å². The second-order valence-electron chi connectivity index (χ2n) is 6.92. The number of hydrogen-bond donors (Lipinski definition) is 3. The van der Waals surface area contributed by atoms with Crippen LogP contribution < -0.4 is 20.9 Å². The second-order valence-corrected chi connectivity index (χ2v) is 7.76. The van der Waals surface area contributed by atoms with Gasteiger partial charge >= 0.3 is 6.09 Å². The summed E-state index contributed by atoms with van der Waals surface area (Å²) in [5.41, 5.74) is 0.470. The Morgan fingerprint density at radius 2 is 1.96 bits per heavy atom. The first-order valence-electron chi connectivity index (χ1n) is 8.82. The number of guanidine groups is 1. The third kappa shape index (κ3) is 9.45. The Morgan fingerprint density at radius 3 is 2.54 bits per heavy atom. The van der Waals surface area contributed by atoms with Crippen molar-refractivity contribution < 1.29 is 9.53 Å². The van der Waals surface area contributed by atoms with Gasteiger partial charge in [-0.15, -0.1) is 11.3 Å². The van der Waals surface area contributed by atoms with Gasteiger partial charge in [-0.05, 0) is 34.1 Å². The van der Waals surface area contributed by atoms with E-state index in [4.69, 9.17) is 4.74 Å². The van der Waals surface area contributed by atoms with E-state index in [1.165, 1.54) is 0 Å². The number of aromatic nitrogens is 1. The molecular formula is C17H32N6O2S. The van der Waals surface area contributed by atoms with Gasteiger partial charge in [-0.25, -0.2) is 14.8 Å². The van der Waals surface area contributed by atoms with E-state index < -0.39 is 11.7 Å². The molecule has 0 bridgehead atoms. The average Bonchev–Trinajstić information content (AvgIpc) is 2.99. The molecule has 0 spiro atoms. The summed E-state index contributed by atoms with van der Waals surface area (Å²) in [5.74, 6) is 0.740. The number of anilines is 1. The van der Waals surface area contributed by atoms with E-state index in [9.17, 15) is 4.79 Å². The highest BCUT2D eigenvalue weighted by molar-refractivity contribution is 7.13. The van der Waals surface area contributed by atoms with Gasteiger partial charge in [0.25, 0.3) is 0 Å². The van der Waals surface area contributed by atoms with Crippen LogP contribution in [0.5, 0.6) is 0 Å². The third-order valence-electron chi connectivity index (χ3n) is 2.98. The zero-order chi connectivity index (χ0) is 19.6. The predicted octanol–water partition coefficient (Wildman–Crippen LogP) is 2.18. The number of aliphatic imine (C=N–C) groups is 1. The maximum atomic E-state index is 11.6. The summed E-state index contributed by atoms with van der Waals surface area (Å²) in [6, 6.07) is 0. The highest BCUT2D eigenvalue weighted by atomic mass is 32.1. The molecule has 0 aliphatic carbocycles. The molecule has 1 aromatic heterocycles. The van der Waals surface area contributed by atoms with Crippen molar-refractivity contribution in [3.05, 3.63) is 11.1 Å². The SMILES string of the molecule is CCNC(=NCc1csc(N(C)C)n1)NCCCNC(=O)OC(C)(C)C. The molecule has 1 rings (SSSR count). The molecule has 0 saturated carbocycles. The van der Waals surface area contributed by atoms with Crippen LogP contribution in [0, 0.1) is 0 Å². The van der Waals surface area contributed by atoms with Crippen molar-refractivity contribution in [3.8, 4) is 0 Å². The highest BCUT2D eigenvalue weighted by Crippen LogP contribution is 2.18. The topological polar surface area (TPSA) is 90.9 Å². The molecule has 1 aromatic rings. The third-order valence-corrected chi connectivity index (χ3v) is 4.04. The lowest BCUT2D eigenvalue weighted by Crippen LogP contribution is -2.39. The smallest absolute Gasteiger partial charge is 0.407 e. The number of carbonyl (C=O) groups excluding carboxylic acids is 1. The largest absolute Gasteiger partial charge is 0.444 e. The summed E-state index contributed by atoms with van der Waals surface area (Å²) < 4.78 is 5.19. The van der Waals surface area contributed by atoms with Crippen LogP contribution in [0.2, 0.25) is 0 Å². The Bertz CT molecular complexity index is 580. The van der Waals surface area contributed by atoms with Gasteiger partial charge in [0, 0.05) is 39.1 Å². The molecular weight excluding hydrogens is 352 g/mol. The lowest BCUT2D eigenvalue weighted by Gasteiger charge is -2.19. The predicted molar refractivity (Wildman–Crippen MR) is 108 cm³/mol. The number of alkyl carbamates (subject to hydrolysis) is 1. The summed E-state index contributed by atoms with van der Waals surface area (Å²) in [5, 5.41) is 12.2. The van der Waals surface area contributed by atoms with Crippen LogP contribution >= 0.6 is 11.3 Å². The molecule has 0 aromatic carbocycles. The zero-order valence-electron chi connectivity index (χ0n) is 16.7. The van der Waals surface area contributed by atoms with Crippen LogP contribution in [0.25, 0.3) is 0 Å². The average molecular weight is 385 g/mol. The highest BCUT2D eigenvalue weighted by Gasteiger charge is 2.15. The minimum Gasteiger partial charge on any atom is -0.444 e. The summed E-state index contributed by atoms with van der Waals surface area (Å²) in [6.45, 7) is 10.1. The van der Waals surface area contributed by atoms with Crippen LogP contribution in [0.3, 0.4) is 0 Å². The molecule has 26 heavy (non-hydrogen) atoms. The Morgan fingerprint density at radius 1 is 1.27 bits per heavy atom. The van der Waals surface area contributed by atoms with E-state index in [1.54, 1.807) is 11.3 Å². The van der Waals surface area contributed by atoms with Crippen molar-refractivity contribution in [3.63, 3.8) is 0 Å². The van der Waals surface area contributed by atoms with Gasteiger partial charge in [0.1, 0.15) is 5.60 Å². The number of hydrogen-bond acceptors (Lipinski definition) is 6. The molecule has 8 nitrogen and oxygen atoms in total.